The molecule has 0 bridgehead atoms. The minimum Gasteiger partial charge on any atom is -0.343 e. The third-order valence-electron chi connectivity index (χ3n) is 2.58. The number of hydrogen-bond acceptors (Lipinski definition) is 2. The summed E-state index contributed by atoms with van der Waals surface area (Å²) in [5.74, 6) is -2.58. The number of nitrogens with one attached hydrogen (secondary N) is 1. The third kappa shape index (κ3) is 3.01. The Morgan fingerprint density at radius 1 is 1.11 bits per heavy atom. The Labute approximate surface area is 113 Å². The molecular weight excluding hydrogens is 273 g/mol. The number of benzene rings is 1. The number of hydrogen-bond donors (Lipinski definition) is 1. The smallest absolute Gasteiger partial charge is 0.161 e. The van der Waals surface area contributed by atoms with E-state index in [0.29, 0.717) is 24.0 Å². The minimum absolute atomic E-state index is 0.0650. The van der Waals surface area contributed by atoms with Crippen molar-refractivity contribution in [2.24, 2.45) is 0 Å². The van der Waals surface area contributed by atoms with Gasteiger partial charge in [-0.05, 0) is 18.6 Å². The lowest BCUT2D eigenvalue weighted by atomic mass is 10.1. The monoisotopic (exact) mass is 284 g/mol. The Balaban J connectivity index is 2.58. The molecule has 0 aliphatic heterocycles. The number of halogens is 3. The van der Waals surface area contributed by atoms with Gasteiger partial charge in [0.1, 0.15) is 16.3 Å². The second kappa shape index (κ2) is 5.52. The number of H-pyrrole nitrogens is 1. The zero-order chi connectivity index (χ0) is 14.0. The van der Waals surface area contributed by atoms with E-state index in [-0.39, 0.29) is 10.2 Å². The third-order valence-corrected chi connectivity index (χ3v) is 2.79. The molecule has 0 atom stereocenters. The first-order valence-electron chi connectivity index (χ1n) is 5.76. The molecule has 1 heterocycles. The second-order valence-corrected chi connectivity index (χ2v) is 4.49. The maximum atomic E-state index is 13.7. The van der Waals surface area contributed by atoms with E-state index in [0.717, 1.165) is 12.5 Å². The van der Waals surface area contributed by atoms with E-state index in [1.165, 1.54) is 6.07 Å². The predicted octanol–water partition coefficient (Wildman–Crippen LogP) is 4.18. The molecular formula is C13H11F3N2S. The Kier molecular flexibility index (Phi) is 3.99. The first-order valence-corrected chi connectivity index (χ1v) is 6.17. The summed E-state index contributed by atoms with van der Waals surface area (Å²) in [7, 11) is 0. The molecule has 19 heavy (non-hydrogen) atoms. The number of aromatic nitrogens is 2. The highest BCUT2D eigenvalue weighted by molar-refractivity contribution is 7.71. The van der Waals surface area contributed by atoms with Crippen LogP contribution in [0.1, 0.15) is 19.2 Å². The summed E-state index contributed by atoms with van der Waals surface area (Å²) in [6.07, 6.45) is 1.48. The van der Waals surface area contributed by atoms with Crippen molar-refractivity contribution in [3.05, 3.63) is 46.1 Å². The van der Waals surface area contributed by atoms with Crippen molar-refractivity contribution in [3.63, 3.8) is 0 Å². The molecule has 0 saturated heterocycles. The highest BCUT2D eigenvalue weighted by Crippen LogP contribution is 2.23. The van der Waals surface area contributed by atoms with Gasteiger partial charge in [0.05, 0.1) is 5.69 Å². The van der Waals surface area contributed by atoms with Gasteiger partial charge in [-0.1, -0.05) is 19.1 Å². The van der Waals surface area contributed by atoms with E-state index in [1.807, 2.05) is 6.92 Å². The van der Waals surface area contributed by atoms with Crippen molar-refractivity contribution in [2.45, 2.75) is 19.8 Å². The first-order chi connectivity index (χ1) is 9.01. The van der Waals surface area contributed by atoms with Crippen LogP contribution in [0.2, 0.25) is 0 Å². The molecule has 0 amide bonds. The van der Waals surface area contributed by atoms with Crippen LogP contribution in [0, 0.1) is 22.1 Å². The first kappa shape index (κ1) is 13.7. The Morgan fingerprint density at radius 3 is 2.47 bits per heavy atom. The maximum absolute atomic E-state index is 13.7. The molecule has 2 nitrogen and oxygen atoms in total. The van der Waals surface area contributed by atoms with Crippen LogP contribution in [0.4, 0.5) is 13.2 Å². The Bertz CT molecular complexity index is 667. The van der Waals surface area contributed by atoms with Crippen molar-refractivity contribution >= 4 is 12.2 Å². The highest BCUT2D eigenvalue weighted by atomic mass is 32.1. The van der Waals surface area contributed by atoms with Gasteiger partial charge in [0.25, 0.3) is 0 Å². The number of nitrogens with zero attached hydrogens (tertiary/aromatic N) is 1. The van der Waals surface area contributed by atoms with Crippen molar-refractivity contribution in [2.75, 3.05) is 0 Å². The molecule has 0 fully saturated rings. The van der Waals surface area contributed by atoms with Gasteiger partial charge in [0, 0.05) is 18.1 Å². The summed E-state index contributed by atoms with van der Waals surface area (Å²) in [4.78, 5) is 6.97. The van der Waals surface area contributed by atoms with E-state index >= 15 is 0 Å². The normalized spacial score (nSPS) is 10.7. The summed E-state index contributed by atoms with van der Waals surface area (Å²) < 4.78 is 40.1. The van der Waals surface area contributed by atoms with Gasteiger partial charge < -0.3 is 4.98 Å². The fraction of sp³-hybridized carbons (Fsp3) is 0.231. The zero-order valence-corrected chi connectivity index (χ0v) is 11.0. The van der Waals surface area contributed by atoms with Crippen LogP contribution in [-0.4, -0.2) is 9.97 Å². The van der Waals surface area contributed by atoms with Crippen LogP contribution in [0.3, 0.4) is 0 Å². The predicted molar refractivity (Wildman–Crippen MR) is 68.7 cm³/mol. The molecule has 2 aromatic rings. The Morgan fingerprint density at radius 2 is 1.79 bits per heavy atom. The molecule has 0 aliphatic carbocycles. The fourth-order valence-electron chi connectivity index (χ4n) is 1.74. The summed E-state index contributed by atoms with van der Waals surface area (Å²) in [5, 5.41) is 0. The average molecular weight is 284 g/mol. The van der Waals surface area contributed by atoms with Gasteiger partial charge in [-0.2, -0.15) is 0 Å². The lowest BCUT2D eigenvalue weighted by Crippen LogP contribution is -1.99. The topological polar surface area (TPSA) is 28.7 Å². The molecule has 0 aliphatic rings. The van der Waals surface area contributed by atoms with Crippen LogP contribution in [0.5, 0.6) is 0 Å². The molecule has 0 unspecified atom stereocenters. The van der Waals surface area contributed by atoms with Crippen LogP contribution >= 0.6 is 12.2 Å². The molecule has 6 heteroatoms. The zero-order valence-electron chi connectivity index (χ0n) is 10.1. The van der Waals surface area contributed by atoms with E-state index in [9.17, 15) is 13.2 Å². The highest BCUT2D eigenvalue weighted by Gasteiger charge is 2.12. The van der Waals surface area contributed by atoms with E-state index < -0.39 is 17.5 Å². The standard InChI is InChI=1S/C13H11F3N2S/c1-2-3-12-17-11(6-13(19)18-12)7-4-9(15)10(16)5-8(7)14/h4-6H,2-3H2,1H3,(H,17,18,19). The molecule has 2 rings (SSSR count). The largest absolute Gasteiger partial charge is 0.343 e. The van der Waals surface area contributed by atoms with Crippen molar-refractivity contribution < 1.29 is 13.2 Å². The quantitative estimate of drug-likeness (QED) is 0.676. The van der Waals surface area contributed by atoms with Gasteiger partial charge in [0.2, 0.25) is 0 Å². The minimum atomic E-state index is -1.22. The summed E-state index contributed by atoms with van der Waals surface area (Å²) in [6.45, 7) is 1.96. The fourth-order valence-corrected chi connectivity index (χ4v) is 1.97. The maximum Gasteiger partial charge on any atom is 0.161 e. The molecule has 0 radical (unpaired) electrons. The molecule has 1 aromatic carbocycles. The van der Waals surface area contributed by atoms with Crippen molar-refractivity contribution in [1.82, 2.24) is 9.97 Å². The number of aromatic amines is 1. The van der Waals surface area contributed by atoms with Crippen LogP contribution < -0.4 is 0 Å². The van der Waals surface area contributed by atoms with Gasteiger partial charge in [-0.15, -0.1) is 0 Å². The molecule has 1 aromatic heterocycles. The van der Waals surface area contributed by atoms with E-state index in [4.69, 9.17) is 12.2 Å². The Hall–Kier alpha value is -1.69. The van der Waals surface area contributed by atoms with Crippen molar-refractivity contribution in [3.8, 4) is 11.3 Å². The van der Waals surface area contributed by atoms with Gasteiger partial charge >= 0.3 is 0 Å². The van der Waals surface area contributed by atoms with Crippen LogP contribution in [-0.2, 0) is 6.42 Å². The van der Waals surface area contributed by atoms with Gasteiger partial charge in [-0.25, -0.2) is 18.2 Å². The lowest BCUT2D eigenvalue weighted by molar-refractivity contribution is 0.496. The van der Waals surface area contributed by atoms with Crippen LogP contribution in [0.25, 0.3) is 11.3 Å². The second-order valence-electron chi connectivity index (χ2n) is 4.08. The molecule has 1 N–H and O–H groups in total. The van der Waals surface area contributed by atoms with Crippen LogP contribution in [0.15, 0.2) is 18.2 Å². The molecule has 0 spiro atoms. The summed E-state index contributed by atoms with van der Waals surface area (Å²) in [6, 6.07) is 2.74. The van der Waals surface area contributed by atoms with Crippen molar-refractivity contribution in [1.29, 1.82) is 0 Å². The average Bonchev–Trinajstić information content (AvgIpc) is 2.33. The van der Waals surface area contributed by atoms with E-state index in [1.54, 1.807) is 0 Å². The molecule has 0 saturated carbocycles. The van der Waals surface area contributed by atoms with Gasteiger partial charge in [-0.3, -0.25) is 0 Å². The SMILES string of the molecule is CCCc1nc(=S)cc(-c2cc(F)c(F)cc2F)[nH]1. The summed E-state index contributed by atoms with van der Waals surface area (Å²) in [5.41, 5.74) is 0.226. The summed E-state index contributed by atoms with van der Waals surface area (Å²) >= 11 is 4.98. The number of aryl methyl sites for hydroxylation is 1. The number of rotatable bonds is 3. The lowest BCUT2D eigenvalue weighted by Gasteiger charge is -2.07. The van der Waals surface area contributed by atoms with Gasteiger partial charge in [0.15, 0.2) is 11.6 Å². The molecule has 100 valence electrons. The van der Waals surface area contributed by atoms with E-state index in [2.05, 4.69) is 9.97 Å².